The molecule has 0 bridgehead atoms. The highest BCUT2D eigenvalue weighted by Crippen LogP contribution is 2.12. The lowest BCUT2D eigenvalue weighted by molar-refractivity contribution is 0.119. The summed E-state index contributed by atoms with van der Waals surface area (Å²) >= 11 is 0. The van der Waals surface area contributed by atoms with E-state index in [1.807, 2.05) is 0 Å². The molecule has 1 saturated heterocycles. The van der Waals surface area contributed by atoms with Gasteiger partial charge >= 0.3 is 0 Å². The highest BCUT2D eigenvalue weighted by atomic mass is 16.5. The van der Waals surface area contributed by atoms with Crippen molar-refractivity contribution in [3.05, 3.63) is 0 Å². The van der Waals surface area contributed by atoms with Gasteiger partial charge in [0.15, 0.2) is 0 Å². The normalized spacial score (nSPS) is 21.6. The summed E-state index contributed by atoms with van der Waals surface area (Å²) < 4.78 is 5.50. The van der Waals surface area contributed by atoms with Gasteiger partial charge in [0.2, 0.25) is 0 Å². The van der Waals surface area contributed by atoms with E-state index in [1.54, 1.807) is 0 Å². The summed E-state index contributed by atoms with van der Waals surface area (Å²) in [6.45, 7) is 13.1. The molecule has 3 nitrogen and oxygen atoms in total. The van der Waals surface area contributed by atoms with Crippen LogP contribution in [-0.4, -0.2) is 50.3 Å². The van der Waals surface area contributed by atoms with Crippen molar-refractivity contribution in [3.63, 3.8) is 0 Å². The van der Waals surface area contributed by atoms with Crippen LogP contribution in [-0.2, 0) is 4.74 Å². The molecule has 1 aliphatic rings. The van der Waals surface area contributed by atoms with E-state index in [4.69, 9.17) is 4.74 Å². The van der Waals surface area contributed by atoms with E-state index in [0.29, 0.717) is 12.0 Å². The van der Waals surface area contributed by atoms with Gasteiger partial charge in [-0.15, -0.1) is 0 Å². The number of rotatable bonds is 5. The van der Waals surface area contributed by atoms with Crippen molar-refractivity contribution >= 4 is 0 Å². The molecule has 90 valence electrons. The average Bonchev–Trinajstić information content (AvgIpc) is 2.47. The van der Waals surface area contributed by atoms with Crippen molar-refractivity contribution in [3.8, 4) is 0 Å². The number of hydrogen-bond donors (Lipinski definition) is 1. The lowest BCUT2D eigenvalue weighted by Gasteiger charge is -2.33. The fraction of sp³-hybridized carbons (Fsp3) is 1.00. The van der Waals surface area contributed by atoms with Crippen LogP contribution in [0.5, 0.6) is 0 Å². The number of hydrogen-bond acceptors (Lipinski definition) is 3. The molecule has 0 aromatic carbocycles. The highest BCUT2D eigenvalue weighted by Gasteiger charge is 2.22. The minimum atomic E-state index is 0.659. The summed E-state index contributed by atoms with van der Waals surface area (Å²) in [4.78, 5) is 2.58. The Bertz CT molecular complexity index is 154. The first-order valence-corrected chi connectivity index (χ1v) is 6.28. The second-order valence-electron chi connectivity index (χ2n) is 4.62. The Balaban J connectivity index is 2.44. The summed E-state index contributed by atoms with van der Waals surface area (Å²) in [7, 11) is 0. The molecule has 0 radical (unpaired) electrons. The molecular formula is C12H26N2O. The zero-order chi connectivity index (χ0) is 11.1. The maximum absolute atomic E-state index is 5.50. The molecule has 0 aromatic rings. The van der Waals surface area contributed by atoms with Crippen LogP contribution in [0.3, 0.4) is 0 Å². The molecule has 3 heteroatoms. The highest BCUT2D eigenvalue weighted by molar-refractivity contribution is 4.78. The molecule has 1 atom stereocenters. The van der Waals surface area contributed by atoms with E-state index in [9.17, 15) is 0 Å². The van der Waals surface area contributed by atoms with Crippen molar-refractivity contribution in [1.29, 1.82) is 0 Å². The molecule has 0 aromatic heterocycles. The van der Waals surface area contributed by atoms with Crippen molar-refractivity contribution in [1.82, 2.24) is 10.2 Å². The first-order valence-electron chi connectivity index (χ1n) is 6.28. The molecule has 1 unspecified atom stereocenters. The molecular weight excluding hydrogens is 188 g/mol. The molecule has 1 heterocycles. The third kappa shape index (κ3) is 4.49. The number of nitrogens with one attached hydrogen (secondary N) is 1. The molecule has 0 spiro atoms. The monoisotopic (exact) mass is 214 g/mol. The SMILES string of the molecule is CCNCC(C(C)C)N1CCCOCC1. The van der Waals surface area contributed by atoms with Crippen molar-refractivity contribution < 1.29 is 4.74 Å². The largest absolute Gasteiger partial charge is 0.380 e. The fourth-order valence-corrected chi connectivity index (χ4v) is 2.18. The van der Waals surface area contributed by atoms with Crippen LogP contribution in [0.1, 0.15) is 27.2 Å². The molecule has 0 amide bonds. The Morgan fingerprint density at radius 2 is 2.07 bits per heavy atom. The molecule has 0 saturated carbocycles. The van der Waals surface area contributed by atoms with Crippen molar-refractivity contribution in [2.45, 2.75) is 33.2 Å². The van der Waals surface area contributed by atoms with E-state index in [-0.39, 0.29) is 0 Å². The Morgan fingerprint density at radius 3 is 2.73 bits per heavy atom. The maximum Gasteiger partial charge on any atom is 0.0593 e. The van der Waals surface area contributed by atoms with Crippen LogP contribution < -0.4 is 5.32 Å². The Kier molecular flexibility index (Phi) is 6.22. The van der Waals surface area contributed by atoms with Crippen LogP contribution in [0, 0.1) is 5.92 Å². The molecule has 1 fully saturated rings. The standard InChI is InChI=1S/C12H26N2O/c1-4-13-10-12(11(2)3)14-6-5-8-15-9-7-14/h11-13H,4-10H2,1-3H3. The predicted octanol–water partition coefficient (Wildman–Crippen LogP) is 1.34. The second-order valence-corrected chi connectivity index (χ2v) is 4.62. The van der Waals surface area contributed by atoms with Crippen molar-refractivity contribution in [2.75, 3.05) is 39.4 Å². The summed E-state index contributed by atoms with van der Waals surface area (Å²) in [5, 5.41) is 3.46. The first-order chi connectivity index (χ1) is 7.25. The van der Waals surface area contributed by atoms with E-state index < -0.39 is 0 Å². The van der Waals surface area contributed by atoms with Gasteiger partial charge in [-0.2, -0.15) is 0 Å². The third-order valence-electron chi connectivity index (χ3n) is 3.10. The number of ether oxygens (including phenoxy) is 1. The second kappa shape index (κ2) is 7.20. The van der Waals surface area contributed by atoms with Crippen molar-refractivity contribution in [2.24, 2.45) is 5.92 Å². The van der Waals surface area contributed by atoms with Gasteiger partial charge in [-0.25, -0.2) is 0 Å². The zero-order valence-corrected chi connectivity index (χ0v) is 10.5. The van der Waals surface area contributed by atoms with Gasteiger partial charge in [0, 0.05) is 32.3 Å². The summed E-state index contributed by atoms with van der Waals surface area (Å²) in [6.07, 6.45) is 1.18. The minimum absolute atomic E-state index is 0.659. The van der Waals surface area contributed by atoms with Crippen LogP contribution in [0.4, 0.5) is 0 Å². The fourth-order valence-electron chi connectivity index (χ4n) is 2.18. The van der Waals surface area contributed by atoms with Gasteiger partial charge in [-0.05, 0) is 18.9 Å². The topological polar surface area (TPSA) is 24.5 Å². The van der Waals surface area contributed by atoms with Gasteiger partial charge < -0.3 is 10.1 Å². The average molecular weight is 214 g/mol. The molecule has 1 N–H and O–H groups in total. The van der Waals surface area contributed by atoms with Gasteiger partial charge in [0.05, 0.1) is 6.61 Å². The molecule has 1 rings (SSSR count). The smallest absolute Gasteiger partial charge is 0.0593 e. The lowest BCUT2D eigenvalue weighted by atomic mass is 10.0. The molecule has 0 aliphatic carbocycles. The van der Waals surface area contributed by atoms with E-state index in [1.165, 1.54) is 13.0 Å². The van der Waals surface area contributed by atoms with E-state index >= 15 is 0 Å². The summed E-state index contributed by atoms with van der Waals surface area (Å²) in [5.41, 5.74) is 0. The van der Waals surface area contributed by atoms with Crippen LogP contribution >= 0.6 is 0 Å². The first kappa shape index (κ1) is 12.9. The van der Waals surface area contributed by atoms with Crippen LogP contribution in [0.2, 0.25) is 0 Å². The Hall–Kier alpha value is -0.120. The minimum Gasteiger partial charge on any atom is -0.380 e. The van der Waals surface area contributed by atoms with Gasteiger partial charge in [-0.1, -0.05) is 20.8 Å². The maximum atomic E-state index is 5.50. The zero-order valence-electron chi connectivity index (χ0n) is 10.5. The van der Waals surface area contributed by atoms with Gasteiger partial charge in [0.1, 0.15) is 0 Å². The van der Waals surface area contributed by atoms with Crippen LogP contribution in [0.25, 0.3) is 0 Å². The van der Waals surface area contributed by atoms with Gasteiger partial charge in [-0.3, -0.25) is 4.90 Å². The Labute approximate surface area is 94.2 Å². The summed E-state index contributed by atoms with van der Waals surface area (Å²) in [6, 6.07) is 0.659. The summed E-state index contributed by atoms with van der Waals surface area (Å²) in [5.74, 6) is 0.710. The lowest BCUT2D eigenvalue weighted by Crippen LogP contribution is -2.46. The number of likely N-dealkylation sites (N-methyl/N-ethyl adjacent to an activating group) is 1. The quantitative estimate of drug-likeness (QED) is 0.747. The van der Waals surface area contributed by atoms with Gasteiger partial charge in [0.25, 0.3) is 0 Å². The third-order valence-corrected chi connectivity index (χ3v) is 3.10. The van der Waals surface area contributed by atoms with Crippen LogP contribution in [0.15, 0.2) is 0 Å². The van der Waals surface area contributed by atoms with E-state index in [2.05, 4.69) is 31.0 Å². The molecule has 1 aliphatic heterocycles. The molecule has 15 heavy (non-hydrogen) atoms. The van der Waals surface area contributed by atoms with E-state index in [0.717, 1.165) is 32.8 Å². The number of nitrogens with zero attached hydrogens (tertiary/aromatic N) is 1. The predicted molar refractivity (Wildman–Crippen MR) is 64.2 cm³/mol. The Morgan fingerprint density at radius 1 is 1.27 bits per heavy atom.